The molecule has 4 N–H and O–H groups in total. The predicted octanol–water partition coefficient (Wildman–Crippen LogP) is 2.88. The minimum Gasteiger partial charge on any atom is -0.444 e. The summed E-state index contributed by atoms with van der Waals surface area (Å²) in [7, 11) is 0. The number of hydrogen-bond acceptors (Lipinski definition) is 8. The Balaban J connectivity index is 2.59. The molecule has 1 rings (SSSR count). The van der Waals surface area contributed by atoms with Gasteiger partial charge in [-0.25, -0.2) is 9.59 Å². The van der Waals surface area contributed by atoms with Gasteiger partial charge in [0.25, 0.3) is 17.5 Å². The van der Waals surface area contributed by atoms with Gasteiger partial charge < -0.3 is 30.7 Å². The van der Waals surface area contributed by atoms with E-state index in [2.05, 4.69) is 21.3 Å². The first-order chi connectivity index (χ1) is 17.1. The molecule has 0 aliphatic rings. The second-order valence-electron chi connectivity index (χ2n) is 10.1. The third kappa shape index (κ3) is 13.7. The van der Waals surface area contributed by atoms with Crippen molar-refractivity contribution in [1.29, 1.82) is 0 Å². The van der Waals surface area contributed by atoms with Gasteiger partial charge in [-0.05, 0) is 60.5 Å². The molecule has 4 amide bonds. The van der Waals surface area contributed by atoms with Crippen LogP contribution in [0.2, 0.25) is 0 Å². The zero-order valence-corrected chi connectivity index (χ0v) is 22.2. The lowest BCUT2D eigenvalue weighted by molar-refractivity contribution is -0.384. The Kier molecular flexibility index (Phi) is 11.8. The molecule has 1 aromatic carbocycles. The number of rotatable bonds is 11. The first-order valence-electron chi connectivity index (χ1n) is 11.9. The molecule has 37 heavy (non-hydrogen) atoms. The van der Waals surface area contributed by atoms with Crippen LogP contribution >= 0.6 is 0 Å². The van der Waals surface area contributed by atoms with Crippen LogP contribution in [0.3, 0.4) is 0 Å². The van der Waals surface area contributed by atoms with E-state index in [1.807, 2.05) is 0 Å². The predicted molar refractivity (Wildman–Crippen MR) is 135 cm³/mol. The van der Waals surface area contributed by atoms with E-state index in [0.29, 0.717) is 12.8 Å². The number of carbonyl (C=O) groups is 4. The van der Waals surface area contributed by atoms with Gasteiger partial charge in [0.2, 0.25) is 0 Å². The van der Waals surface area contributed by atoms with Gasteiger partial charge in [-0.3, -0.25) is 19.7 Å². The van der Waals surface area contributed by atoms with Gasteiger partial charge in [0, 0.05) is 49.4 Å². The molecule has 206 valence electrons. The van der Waals surface area contributed by atoms with Gasteiger partial charge in [0.1, 0.15) is 11.2 Å². The van der Waals surface area contributed by atoms with Crippen LogP contribution < -0.4 is 21.3 Å². The largest absolute Gasteiger partial charge is 0.444 e. The topological polar surface area (TPSA) is 178 Å². The van der Waals surface area contributed by atoms with Crippen LogP contribution in [0.15, 0.2) is 18.2 Å². The van der Waals surface area contributed by atoms with Gasteiger partial charge in [-0.1, -0.05) is 0 Å². The summed E-state index contributed by atoms with van der Waals surface area (Å²) in [5.41, 5.74) is -1.75. The smallest absolute Gasteiger partial charge is 0.407 e. The molecule has 0 aliphatic carbocycles. The summed E-state index contributed by atoms with van der Waals surface area (Å²) in [6, 6.07) is 3.42. The highest BCUT2D eigenvalue weighted by Crippen LogP contribution is 2.17. The van der Waals surface area contributed by atoms with E-state index in [9.17, 15) is 29.3 Å². The molecule has 0 saturated heterocycles. The SMILES string of the molecule is CC(C)(C)OC(=O)NCCCNC(=O)c1cc(C(=O)NCCCNC(=O)OC(C)(C)C)cc([N+](=O)[O-])c1. The maximum absolute atomic E-state index is 12.5. The Bertz CT molecular complexity index is 914. The Morgan fingerprint density at radius 3 is 1.38 bits per heavy atom. The van der Waals surface area contributed by atoms with Crippen molar-refractivity contribution in [2.45, 2.75) is 65.6 Å². The molecule has 0 aromatic heterocycles. The third-order valence-corrected chi connectivity index (χ3v) is 4.27. The normalized spacial score (nSPS) is 11.2. The van der Waals surface area contributed by atoms with Crippen molar-refractivity contribution in [3.8, 4) is 0 Å². The van der Waals surface area contributed by atoms with Gasteiger partial charge in [0.05, 0.1) is 4.92 Å². The fourth-order valence-electron chi connectivity index (χ4n) is 2.77. The molecule has 0 aliphatic heterocycles. The zero-order chi connectivity index (χ0) is 28.2. The van der Waals surface area contributed by atoms with Crippen molar-refractivity contribution in [2.75, 3.05) is 26.2 Å². The standard InChI is InChI=1S/C24H37N5O8/c1-23(2,3)36-21(32)27-11-7-9-25-19(30)16-13-17(15-18(14-16)29(34)35)20(31)26-10-8-12-28-22(33)37-24(4,5)6/h13-15H,7-12H2,1-6H3,(H,25,30)(H,26,31)(H,27,32)(H,28,33). The first-order valence-corrected chi connectivity index (χ1v) is 11.9. The van der Waals surface area contributed by atoms with E-state index in [1.54, 1.807) is 41.5 Å². The second-order valence-corrected chi connectivity index (χ2v) is 10.1. The van der Waals surface area contributed by atoms with Crippen molar-refractivity contribution in [2.24, 2.45) is 0 Å². The van der Waals surface area contributed by atoms with E-state index in [-0.39, 0.29) is 37.3 Å². The number of ether oxygens (including phenoxy) is 2. The second kappa shape index (κ2) is 14.0. The number of amides is 4. The summed E-state index contributed by atoms with van der Waals surface area (Å²) < 4.78 is 10.2. The van der Waals surface area contributed by atoms with E-state index in [1.165, 1.54) is 6.07 Å². The van der Waals surface area contributed by atoms with Crippen molar-refractivity contribution in [3.63, 3.8) is 0 Å². The highest BCUT2D eigenvalue weighted by molar-refractivity contribution is 6.00. The maximum atomic E-state index is 12.5. The fourth-order valence-corrected chi connectivity index (χ4v) is 2.77. The van der Waals surface area contributed by atoms with Gasteiger partial charge in [0.15, 0.2) is 0 Å². The summed E-state index contributed by atoms with van der Waals surface area (Å²) in [5.74, 6) is -1.20. The number of benzene rings is 1. The first kappa shape index (κ1) is 31.1. The lowest BCUT2D eigenvalue weighted by Crippen LogP contribution is -2.34. The van der Waals surface area contributed by atoms with Crippen molar-refractivity contribution in [3.05, 3.63) is 39.4 Å². The molecule has 0 spiro atoms. The molecule has 1 aromatic rings. The highest BCUT2D eigenvalue weighted by Gasteiger charge is 2.19. The van der Waals surface area contributed by atoms with E-state index < -0.39 is 45.8 Å². The molecule has 0 radical (unpaired) electrons. The molecule has 0 heterocycles. The van der Waals surface area contributed by atoms with Crippen molar-refractivity contribution < 1.29 is 33.6 Å². The zero-order valence-electron chi connectivity index (χ0n) is 22.2. The van der Waals surface area contributed by atoms with Crippen LogP contribution in [-0.2, 0) is 9.47 Å². The quantitative estimate of drug-likeness (QED) is 0.194. The molecule has 0 fully saturated rings. The Morgan fingerprint density at radius 1 is 0.703 bits per heavy atom. The molecule has 0 atom stereocenters. The van der Waals surface area contributed by atoms with Crippen LogP contribution in [0.5, 0.6) is 0 Å². The Labute approximate surface area is 216 Å². The van der Waals surface area contributed by atoms with Crippen LogP contribution in [0, 0.1) is 10.1 Å². The number of hydrogen-bond donors (Lipinski definition) is 4. The van der Waals surface area contributed by atoms with Crippen LogP contribution in [0.4, 0.5) is 15.3 Å². The van der Waals surface area contributed by atoms with Gasteiger partial charge in [-0.15, -0.1) is 0 Å². The Hall–Kier alpha value is -3.90. The number of non-ortho nitro benzene ring substituents is 1. The molecule has 0 unspecified atom stereocenters. The average molecular weight is 524 g/mol. The number of nitrogens with zero attached hydrogens (tertiary/aromatic N) is 1. The number of nitrogens with one attached hydrogen (secondary N) is 4. The van der Waals surface area contributed by atoms with Crippen LogP contribution in [-0.4, -0.2) is 66.3 Å². The maximum Gasteiger partial charge on any atom is 0.407 e. The molecule has 0 bridgehead atoms. The van der Waals surface area contributed by atoms with Crippen molar-refractivity contribution >= 4 is 29.7 Å². The van der Waals surface area contributed by atoms with E-state index in [0.717, 1.165) is 12.1 Å². The minimum atomic E-state index is -0.691. The minimum absolute atomic E-state index is 0.0500. The van der Waals surface area contributed by atoms with Crippen molar-refractivity contribution in [1.82, 2.24) is 21.3 Å². The summed E-state index contributed by atoms with van der Waals surface area (Å²) in [4.78, 5) is 58.9. The molecular weight excluding hydrogens is 486 g/mol. The average Bonchev–Trinajstić information content (AvgIpc) is 2.75. The van der Waals surface area contributed by atoms with Gasteiger partial charge >= 0.3 is 12.2 Å². The van der Waals surface area contributed by atoms with E-state index >= 15 is 0 Å². The lowest BCUT2D eigenvalue weighted by atomic mass is 10.1. The summed E-state index contributed by atoms with van der Waals surface area (Å²) >= 11 is 0. The molecule has 0 saturated carbocycles. The van der Waals surface area contributed by atoms with Crippen LogP contribution in [0.1, 0.15) is 75.1 Å². The molecule has 13 heteroatoms. The van der Waals surface area contributed by atoms with Crippen LogP contribution in [0.25, 0.3) is 0 Å². The van der Waals surface area contributed by atoms with Gasteiger partial charge in [-0.2, -0.15) is 0 Å². The summed E-state index contributed by atoms with van der Waals surface area (Å²) in [6.07, 6.45) is -0.364. The third-order valence-electron chi connectivity index (χ3n) is 4.27. The number of nitro groups is 1. The number of carbonyl (C=O) groups excluding carboxylic acids is 4. The number of nitro benzene ring substituents is 1. The Morgan fingerprint density at radius 2 is 1.05 bits per heavy atom. The fraction of sp³-hybridized carbons (Fsp3) is 0.583. The summed E-state index contributed by atoms with van der Waals surface area (Å²) in [5, 5.41) is 21.6. The number of alkyl carbamates (subject to hydrolysis) is 2. The highest BCUT2D eigenvalue weighted by atomic mass is 16.6. The molecule has 13 nitrogen and oxygen atoms in total. The summed E-state index contributed by atoms with van der Waals surface area (Å²) in [6.45, 7) is 11.3. The lowest BCUT2D eigenvalue weighted by Gasteiger charge is -2.19. The monoisotopic (exact) mass is 523 g/mol. The van der Waals surface area contributed by atoms with E-state index in [4.69, 9.17) is 9.47 Å². The molecular formula is C24H37N5O8.